The number of rotatable bonds is 9. The fourth-order valence-corrected chi connectivity index (χ4v) is 4.38. The van der Waals surface area contributed by atoms with E-state index in [0.717, 1.165) is 42.5 Å². The highest BCUT2D eigenvalue weighted by Gasteiger charge is 2.22. The van der Waals surface area contributed by atoms with Crippen LogP contribution in [-0.4, -0.2) is 41.9 Å². The lowest BCUT2D eigenvalue weighted by Gasteiger charge is -2.11. The SMILES string of the molecule is O=C(COC(=O)c1cc(S(=O)(=O)Nc2ccc([N+](=O)[O-])cc2)ccc1O)Nc1ccc([N+](=O)[O-])cc1Br. The van der Waals surface area contributed by atoms with Gasteiger partial charge in [0.05, 0.1) is 20.4 Å². The molecule has 16 heteroatoms. The zero-order valence-corrected chi connectivity index (χ0v) is 20.7. The maximum absolute atomic E-state index is 12.7. The van der Waals surface area contributed by atoms with Gasteiger partial charge in [-0.2, -0.15) is 0 Å². The lowest BCUT2D eigenvalue weighted by molar-refractivity contribution is -0.385. The van der Waals surface area contributed by atoms with Gasteiger partial charge in [-0.15, -0.1) is 0 Å². The molecule has 0 aliphatic heterocycles. The van der Waals surface area contributed by atoms with Crippen LogP contribution in [0.3, 0.4) is 0 Å². The highest BCUT2D eigenvalue weighted by Crippen LogP contribution is 2.27. The second-order valence-corrected chi connectivity index (χ2v) is 9.67. The molecule has 0 aliphatic carbocycles. The first kappa shape index (κ1) is 27.0. The van der Waals surface area contributed by atoms with Crippen LogP contribution >= 0.6 is 15.9 Å². The molecule has 3 N–H and O–H groups in total. The molecule has 0 atom stereocenters. The Labute approximate surface area is 216 Å². The van der Waals surface area contributed by atoms with E-state index in [9.17, 15) is 43.3 Å². The molecule has 0 unspecified atom stereocenters. The number of carbonyl (C=O) groups excluding carboxylic acids is 2. The van der Waals surface area contributed by atoms with Gasteiger partial charge in [0.1, 0.15) is 11.3 Å². The predicted molar refractivity (Wildman–Crippen MR) is 132 cm³/mol. The average molecular weight is 595 g/mol. The Bertz CT molecular complexity index is 1510. The molecule has 37 heavy (non-hydrogen) atoms. The molecule has 3 rings (SSSR count). The van der Waals surface area contributed by atoms with Gasteiger partial charge in [0.15, 0.2) is 6.61 Å². The highest BCUT2D eigenvalue weighted by atomic mass is 79.9. The number of phenolic OH excluding ortho intramolecular Hbond substituents is 1. The first-order chi connectivity index (χ1) is 17.4. The number of anilines is 2. The predicted octanol–water partition coefficient (Wildman–Crippen LogP) is 3.57. The van der Waals surface area contributed by atoms with Gasteiger partial charge in [-0.05, 0) is 52.3 Å². The average Bonchev–Trinajstić information content (AvgIpc) is 2.84. The third-order valence-electron chi connectivity index (χ3n) is 4.60. The molecule has 3 aromatic carbocycles. The summed E-state index contributed by atoms with van der Waals surface area (Å²) in [4.78, 5) is 44.4. The number of aromatic hydroxyl groups is 1. The van der Waals surface area contributed by atoms with Crippen molar-refractivity contribution in [2.45, 2.75) is 4.90 Å². The number of ether oxygens (including phenoxy) is 1. The van der Waals surface area contributed by atoms with E-state index in [1.165, 1.54) is 18.2 Å². The molecule has 0 bridgehead atoms. The summed E-state index contributed by atoms with van der Waals surface area (Å²) >= 11 is 3.08. The van der Waals surface area contributed by atoms with Crippen LogP contribution in [0.2, 0.25) is 0 Å². The first-order valence-corrected chi connectivity index (χ1v) is 12.2. The second kappa shape index (κ2) is 11.0. The third-order valence-corrected chi connectivity index (χ3v) is 6.64. The Kier molecular flexibility index (Phi) is 8.04. The van der Waals surface area contributed by atoms with Crippen molar-refractivity contribution in [3.8, 4) is 5.75 Å². The minimum atomic E-state index is -4.28. The normalized spacial score (nSPS) is 10.8. The van der Waals surface area contributed by atoms with Crippen LogP contribution in [0.4, 0.5) is 22.7 Å². The van der Waals surface area contributed by atoms with Crippen LogP contribution in [-0.2, 0) is 19.6 Å². The van der Waals surface area contributed by atoms with Crippen molar-refractivity contribution in [1.82, 2.24) is 0 Å². The molecule has 0 saturated heterocycles. The molecule has 3 aromatic rings. The Morgan fingerprint density at radius 3 is 2.16 bits per heavy atom. The molecule has 192 valence electrons. The lowest BCUT2D eigenvalue weighted by atomic mass is 10.2. The molecule has 0 saturated carbocycles. The number of halogens is 1. The Morgan fingerprint density at radius 1 is 0.946 bits per heavy atom. The highest BCUT2D eigenvalue weighted by molar-refractivity contribution is 9.10. The molecule has 0 aliphatic rings. The topological polar surface area (TPSA) is 208 Å². The van der Waals surface area contributed by atoms with Crippen molar-refractivity contribution in [3.63, 3.8) is 0 Å². The van der Waals surface area contributed by atoms with Gasteiger partial charge in [-0.25, -0.2) is 13.2 Å². The number of nitrogens with one attached hydrogen (secondary N) is 2. The first-order valence-electron chi connectivity index (χ1n) is 9.88. The van der Waals surface area contributed by atoms with Crippen molar-refractivity contribution < 1.29 is 37.7 Å². The van der Waals surface area contributed by atoms with E-state index in [1.54, 1.807) is 0 Å². The number of phenols is 1. The van der Waals surface area contributed by atoms with Gasteiger partial charge < -0.3 is 15.2 Å². The molecule has 0 aromatic heterocycles. The summed E-state index contributed by atoms with van der Waals surface area (Å²) in [6.45, 7) is -0.820. The Hall–Kier alpha value is -4.57. The van der Waals surface area contributed by atoms with Crippen molar-refractivity contribution in [3.05, 3.63) is 90.9 Å². The standard InChI is InChI=1S/C21H15BrN4O10S/c22-17-9-14(26(32)33)5-7-18(17)23-20(28)11-36-21(29)16-10-15(6-8-19(16)27)37(34,35)24-12-1-3-13(4-2-12)25(30)31/h1-10,24,27H,11H2,(H,23,28). The Balaban J connectivity index is 1.68. The van der Waals surface area contributed by atoms with Crippen LogP contribution in [0.1, 0.15) is 10.4 Å². The number of nitrogens with zero attached hydrogens (tertiary/aromatic N) is 2. The number of amides is 1. The summed E-state index contributed by atoms with van der Waals surface area (Å²) in [6, 6.07) is 10.9. The van der Waals surface area contributed by atoms with Crippen molar-refractivity contribution in [2.75, 3.05) is 16.6 Å². The van der Waals surface area contributed by atoms with Crippen molar-refractivity contribution >= 4 is 60.6 Å². The largest absolute Gasteiger partial charge is 0.507 e. The van der Waals surface area contributed by atoms with Crippen LogP contribution < -0.4 is 10.0 Å². The van der Waals surface area contributed by atoms with Crippen molar-refractivity contribution in [2.24, 2.45) is 0 Å². The number of hydrogen-bond donors (Lipinski definition) is 3. The number of nitro benzene ring substituents is 2. The fraction of sp³-hybridized carbons (Fsp3) is 0.0476. The Morgan fingerprint density at radius 2 is 1.57 bits per heavy atom. The zero-order valence-electron chi connectivity index (χ0n) is 18.3. The number of carbonyl (C=O) groups is 2. The smallest absolute Gasteiger partial charge is 0.342 e. The molecule has 0 spiro atoms. The molecule has 0 heterocycles. The van der Waals surface area contributed by atoms with E-state index in [-0.39, 0.29) is 27.2 Å². The number of non-ortho nitro benzene ring substituents is 2. The van der Waals surface area contributed by atoms with E-state index >= 15 is 0 Å². The van der Waals surface area contributed by atoms with Crippen molar-refractivity contribution in [1.29, 1.82) is 0 Å². The maximum atomic E-state index is 12.7. The zero-order chi connectivity index (χ0) is 27.3. The maximum Gasteiger partial charge on any atom is 0.342 e. The van der Waals surface area contributed by atoms with E-state index < -0.39 is 54.6 Å². The van der Waals surface area contributed by atoms with Gasteiger partial charge in [0, 0.05) is 34.4 Å². The summed E-state index contributed by atoms with van der Waals surface area (Å²) in [5, 5.41) is 33.9. The molecule has 0 fully saturated rings. The van der Waals surface area contributed by atoms with E-state index in [0.29, 0.717) is 0 Å². The summed E-state index contributed by atoms with van der Waals surface area (Å²) in [5.74, 6) is -2.63. The number of hydrogen-bond acceptors (Lipinski definition) is 10. The van der Waals surface area contributed by atoms with Gasteiger partial charge >= 0.3 is 5.97 Å². The van der Waals surface area contributed by atoms with Crippen LogP contribution in [0.15, 0.2) is 70.0 Å². The molecular weight excluding hydrogens is 580 g/mol. The molecule has 1 amide bonds. The lowest BCUT2D eigenvalue weighted by Crippen LogP contribution is -2.21. The quantitative estimate of drug-likeness (QED) is 0.186. The third kappa shape index (κ3) is 6.77. The van der Waals surface area contributed by atoms with Gasteiger partial charge in [0.25, 0.3) is 27.3 Å². The van der Waals surface area contributed by atoms with Crippen LogP contribution in [0.25, 0.3) is 0 Å². The van der Waals surface area contributed by atoms with E-state index in [1.807, 2.05) is 0 Å². The summed E-state index contributed by atoms with van der Waals surface area (Å²) in [7, 11) is -4.28. The molecule has 14 nitrogen and oxygen atoms in total. The summed E-state index contributed by atoms with van der Waals surface area (Å²) in [5.41, 5.74) is -0.833. The van der Waals surface area contributed by atoms with Crippen LogP contribution in [0, 0.1) is 20.2 Å². The van der Waals surface area contributed by atoms with E-state index in [2.05, 4.69) is 26.0 Å². The number of sulfonamides is 1. The van der Waals surface area contributed by atoms with Crippen LogP contribution in [0.5, 0.6) is 5.75 Å². The number of nitro groups is 2. The fourth-order valence-electron chi connectivity index (χ4n) is 2.83. The minimum absolute atomic E-state index is 0.0110. The summed E-state index contributed by atoms with van der Waals surface area (Å²) in [6.07, 6.45) is 0. The van der Waals surface area contributed by atoms with Gasteiger partial charge in [-0.1, -0.05) is 0 Å². The monoisotopic (exact) mass is 594 g/mol. The summed E-state index contributed by atoms with van der Waals surface area (Å²) < 4.78 is 32.6. The van der Waals surface area contributed by atoms with Gasteiger partial charge in [0.2, 0.25) is 0 Å². The number of benzene rings is 3. The molecular formula is C21H15BrN4O10S. The van der Waals surface area contributed by atoms with Gasteiger partial charge in [-0.3, -0.25) is 29.7 Å². The number of esters is 1. The minimum Gasteiger partial charge on any atom is -0.507 e. The molecule has 0 radical (unpaired) electrons. The second-order valence-electron chi connectivity index (χ2n) is 7.13. The van der Waals surface area contributed by atoms with E-state index in [4.69, 9.17) is 4.74 Å².